The van der Waals surface area contributed by atoms with E-state index < -0.39 is 0 Å². The standard InChI is InChI=1S/C16H20N4O3/c1-3-23-16(22)19-9-7-18(8-10-19)15(21)13-11-20-12(2)5-4-6-14(20)17-13/h4-6,11H,3,7-10H2,1-2H3. The highest BCUT2D eigenvalue weighted by Gasteiger charge is 2.26. The van der Waals surface area contributed by atoms with Crippen LogP contribution in [0.1, 0.15) is 23.1 Å². The zero-order valence-electron chi connectivity index (χ0n) is 13.4. The molecule has 2 amide bonds. The number of rotatable bonds is 2. The molecular formula is C16H20N4O3. The molecule has 23 heavy (non-hydrogen) atoms. The van der Waals surface area contributed by atoms with Crippen molar-refractivity contribution >= 4 is 17.6 Å². The molecule has 0 N–H and O–H groups in total. The molecule has 2 aromatic heterocycles. The molecule has 3 rings (SSSR count). The fraction of sp³-hybridized carbons (Fsp3) is 0.438. The Kier molecular flexibility index (Phi) is 4.18. The molecule has 7 heteroatoms. The Morgan fingerprint density at radius 3 is 2.52 bits per heavy atom. The van der Waals surface area contributed by atoms with Gasteiger partial charge in [-0.1, -0.05) is 6.07 Å². The summed E-state index contributed by atoms with van der Waals surface area (Å²) in [5.41, 5.74) is 2.23. The van der Waals surface area contributed by atoms with Crippen LogP contribution in [0.4, 0.5) is 4.79 Å². The van der Waals surface area contributed by atoms with Gasteiger partial charge < -0.3 is 18.9 Å². The van der Waals surface area contributed by atoms with E-state index in [0.29, 0.717) is 38.5 Å². The summed E-state index contributed by atoms with van der Waals surface area (Å²) in [5.74, 6) is -0.100. The molecule has 2 aromatic rings. The van der Waals surface area contributed by atoms with Gasteiger partial charge in [-0.15, -0.1) is 0 Å². The number of fused-ring (bicyclic) bond motifs is 1. The largest absolute Gasteiger partial charge is 0.450 e. The number of carbonyl (C=O) groups excluding carboxylic acids is 2. The first-order valence-corrected chi connectivity index (χ1v) is 7.76. The molecule has 1 fully saturated rings. The van der Waals surface area contributed by atoms with Gasteiger partial charge in [0.25, 0.3) is 5.91 Å². The Hall–Kier alpha value is -2.57. The first-order valence-electron chi connectivity index (χ1n) is 7.76. The van der Waals surface area contributed by atoms with Crippen molar-refractivity contribution in [3.8, 4) is 0 Å². The molecule has 3 heterocycles. The van der Waals surface area contributed by atoms with Crippen LogP contribution in [0.2, 0.25) is 0 Å². The average molecular weight is 316 g/mol. The molecule has 0 radical (unpaired) electrons. The summed E-state index contributed by atoms with van der Waals surface area (Å²) >= 11 is 0. The molecule has 1 aliphatic heterocycles. The number of imidazole rings is 1. The Morgan fingerprint density at radius 1 is 1.17 bits per heavy atom. The maximum atomic E-state index is 12.6. The summed E-state index contributed by atoms with van der Waals surface area (Å²) in [6.07, 6.45) is 1.45. The maximum Gasteiger partial charge on any atom is 0.409 e. The lowest BCUT2D eigenvalue weighted by Crippen LogP contribution is -2.50. The molecule has 0 atom stereocenters. The van der Waals surface area contributed by atoms with Gasteiger partial charge in [0, 0.05) is 38.1 Å². The van der Waals surface area contributed by atoms with Crippen LogP contribution in [0.15, 0.2) is 24.4 Å². The molecule has 0 unspecified atom stereocenters. The number of hydrogen-bond donors (Lipinski definition) is 0. The zero-order valence-corrected chi connectivity index (χ0v) is 13.4. The van der Waals surface area contributed by atoms with Crippen LogP contribution < -0.4 is 0 Å². The van der Waals surface area contributed by atoms with E-state index in [-0.39, 0.29) is 12.0 Å². The third-order valence-electron chi connectivity index (χ3n) is 4.01. The molecule has 0 spiro atoms. The van der Waals surface area contributed by atoms with Gasteiger partial charge in [-0.05, 0) is 26.0 Å². The lowest BCUT2D eigenvalue weighted by Gasteiger charge is -2.33. The molecule has 7 nitrogen and oxygen atoms in total. The van der Waals surface area contributed by atoms with Crippen LogP contribution in [0.3, 0.4) is 0 Å². The number of nitrogens with zero attached hydrogens (tertiary/aromatic N) is 4. The predicted octanol–water partition coefficient (Wildman–Crippen LogP) is 1.56. The van der Waals surface area contributed by atoms with Crippen molar-refractivity contribution in [2.24, 2.45) is 0 Å². The normalized spacial score (nSPS) is 15.0. The van der Waals surface area contributed by atoms with Crippen LogP contribution in [0.5, 0.6) is 0 Å². The number of pyridine rings is 1. The number of amides is 2. The molecule has 0 aromatic carbocycles. The van der Waals surface area contributed by atoms with Crippen molar-refractivity contribution in [2.45, 2.75) is 13.8 Å². The highest BCUT2D eigenvalue weighted by molar-refractivity contribution is 5.93. The van der Waals surface area contributed by atoms with Crippen molar-refractivity contribution in [1.82, 2.24) is 19.2 Å². The summed E-state index contributed by atoms with van der Waals surface area (Å²) in [5, 5.41) is 0. The Labute approximate surface area is 134 Å². The SMILES string of the molecule is CCOC(=O)N1CCN(C(=O)c2cn3c(C)cccc3n2)CC1. The number of aromatic nitrogens is 2. The second kappa shape index (κ2) is 6.28. The van der Waals surface area contributed by atoms with Crippen molar-refractivity contribution in [3.05, 3.63) is 35.8 Å². The lowest BCUT2D eigenvalue weighted by molar-refractivity contribution is 0.0566. The van der Waals surface area contributed by atoms with Crippen LogP contribution in [0.25, 0.3) is 5.65 Å². The average Bonchev–Trinajstić information content (AvgIpc) is 3.00. The summed E-state index contributed by atoms with van der Waals surface area (Å²) in [6, 6.07) is 5.77. The van der Waals surface area contributed by atoms with Crippen molar-refractivity contribution in [3.63, 3.8) is 0 Å². The Balaban J connectivity index is 1.69. The molecule has 1 saturated heterocycles. The van der Waals surface area contributed by atoms with E-state index in [9.17, 15) is 9.59 Å². The van der Waals surface area contributed by atoms with E-state index in [2.05, 4.69) is 4.98 Å². The van der Waals surface area contributed by atoms with E-state index in [1.807, 2.05) is 29.5 Å². The summed E-state index contributed by atoms with van der Waals surface area (Å²) in [4.78, 5) is 32.0. The molecular weight excluding hydrogens is 296 g/mol. The van der Waals surface area contributed by atoms with Crippen molar-refractivity contribution < 1.29 is 14.3 Å². The number of hydrogen-bond acceptors (Lipinski definition) is 4. The highest BCUT2D eigenvalue weighted by Crippen LogP contribution is 2.12. The summed E-state index contributed by atoms with van der Waals surface area (Å²) in [6.45, 7) is 6.06. The third-order valence-corrected chi connectivity index (χ3v) is 4.01. The second-order valence-electron chi connectivity index (χ2n) is 5.50. The van der Waals surface area contributed by atoms with Crippen LogP contribution in [-0.4, -0.2) is 64.0 Å². The fourth-order valence-corrected chi connectivity index (χ4v) is 2.72. The fourth-order valence-electron chi connectivity index (χ4n) is 2.72. The van der Waals surface area contributed by atoms with E-state index in [4.69, 9.17) is 4.74 Å². The lowest BCUT2D eigenvalue weighted by atomic mass is 10.3. The molecule has 122 valence electrons. The topological polar surface area (TPSA) is 67.2 Å². The van der Waals surface area contributed by atoms with Gasteiger partial charge in [-0.2, -0.15) is 0 Å². The van der Waals surface area contributed by atoms with Gasteiger partial charge in [-0.3, -0.25) is 4.79 Å². The van der Waals surface area contributed by atoms with E-state index in [1.165, 1.54) is 0 Å². The monoisotopic (exact) mass is 316 g/mol. The van der Waals surface area contributed by atoms with E-state index >= 15 is 0 Å². The minimum Gasteiger partial charge on any atom is -0.450 e. The van der Waals surface area contributed by atoms with Crippen molar-refractivity contribution in [2.75, 3.05) is 32.8 Å². The first-order chi connectivity index (χ1) is 11.1. The molecule has 0 aliphatic carbocycles. The maximum absolute atomic E-state index is 12.6. The molecule has 0 saturated carbocycles. The van der Waals surface area contributed by atoms with Gasteiger partial charge in [0.2, 0.25) is 0 Å². The summed E-state index contributed by atoms with van der Waals surface area (Å²) in [7, 11) is 0. The quantitative estimate of drug-likeness (QED) is 0.843. The Bertz CT molecular complexity index is 732. The Morgan fingerprint density at radius 2 is 1.87 bits per heavy atom. The number of ether oxygens (including phenoxy) is 1. The minimum atomic E-state index is -0.317. The first kappa shape index (κ1) is 15.3. The highest BCUT2D eigenvalue weighted by atomic mass is 16.6. The van der Waals surface area contributed by atoms with Crippen LogP contribution >= 0.6 is 0 Å². The molecule has 1 aliphatic rings. The number of aryl methyl sites for hydroxylation is 1. The predicted molar refractivity (Wildman–Crippen MR) is 84.4 cm³/mol. The van der Waals surface area contributed by atoms with Crippen LogP contribution in [-0.2, 0) is 4.74 Å². The third kappa shape index (κ3) is 2.99. The van der Waals surface area contributed by atoms with Gasteiger partial charge in [0.05, 0.1) is 6.61 Å². The van der Waals surface area contributed by atoms with Crippen molar-refractivity contribution in [1.29, 1.82) is 0 Å². The van der Waals surface area contributed by atoms with Gasteiger partial charge in [0.1, 0.15) is 11.3 Å². The second-order valence-corrected chi connectivity index (χ2v) is 5.50. The van der Waals surface area contributed by atoms with E-state index in [0.717, 1.165) is 11.3 Å². The zero-order chi connectivity index (χ0) is 16.4. The molecule has 0 bridgehead atoms. The van der Waals surface area contributed by atoms with Gasteiger partial charge in [-0.25, -0.2) is 9.78 Å². The van der Waals surface area contributed by atoms with Crippen LogP contribution in [0, 0.1) is 6.92 Å². The smallest absolute Gasteiger partial charge is 0.409 e. The summed E-state index contributed by atoms with van der Waals surface area (Å²) < 4.78 is 6.89. The van der Waals surface area contributed by atoms with Gasteiger partial charge >= 0.3 is 6.09 Å². The minimum absolute atomic E-state index is 0.100. The number of piperazine rings is 1. The van der Waals surface area contributed by atoms with E-state index in [1.54, 1.807) is 22.9 Å². The number of carbonyl (C=O) groups is 2. The van der Waals surface area contributed by atoms with Gasteiger partial charge in [0.15, 0.2) is 0 Å².